The fraction of sp³-hybridized carbons (Fsp3) is 0.333. The summed E-state index contributed by atoms with van der Waals surface area (Å²) in [6.45, 7) is 2.46. The van der Waals surface area contributed by atoms with E-state index in [0.29, 0.717) is 12.2 Å². The molecule has 0 aliphatic heterocycles. The van der Waals surface area contributed by atoms with Crippen LogP contribution in [-0.2, 0) is 13.0 Å². The molecule has 2 aromatic rings. The topological polar surface area (TPSA) is 70.9 Å². The molecule has 0 unspecified atom stereocenters. The smallest absolute Gasteiger partial charge is 0.272 e. The number of aromatic nitrogens is 2. The van der Waals surface area contributed by atoms with Crippen molar-refractivity contribution in [3.63, 3.8) is 0 Å². The largest absolute Gasteiger partial charge is 0.467 e. The Balaban J connectivity index is 1.90. The number of amides is 1. The van der Waals surface area contributed by atoms with E-state index in [1.807, 2.05) is 6.07 Å². The first kappa shape index (κ1) is 11.4. The Morgan fingerprint density at radius 2 is 2.47 bits per heavy atom. The highest BCUT2D eigenvalue weighted by atomic mass is 16.3. The lowest BCUT2D eigenvalue weighted by Crippen LogP contribution is -2.22. The summed E-state index contributed by atoms with van der Waals surface area (Å²) in [6, 6.07) is 5.38. The highest BCUT2D eigenvalue weighted by Crippen LogP contribution is 2.03. The zero-order chi connectivity index (χ0) is 12.1. The highest BCUT2D eigenvalue weighted by molar-refractivity contribution is 5.92. The molecule has 1 amide bonds. The second-order valence-corrected chi connectivity index (χ2v) is 3.79. The van der Waals surface area contributed by atoms with Gasteiger partial charge in [0.05, 0.1) is 12.8 Å². The Labute approximate surface area is 99.2 Å². The maximum absolute atomic E-state index is 11.7. The molecule has 0 fully saturated rings. The van der Waals surface area contributed by atoms with Crippen molar-refractivity contribution < 1.29 is 9.21 Å². The van der Waals surface area contributed by atoms with Crippen LogP contribution >= 0.6 is 0 Å². The zero-order valence-electron chi connectivity index (χ0n) is 9.69. The Morgan fingerprint density at radius 3 is 3.18 bits per heavy atom. The Bertz CT molecular complexity index is 474. The van der Waals surface area contributed by atoms with Gasteiger partial charge in [-0.3, -0.25) is 9.89 Å². The lowest BCUT2D eigenvalue weighted by molar-refractivity contribution is 0.0943. The van der Waals surface area contributed by atoms with Crippen molar-refractivity contribution in [3.05, 3.63) is 41.6 Å². The SMILES string of the molecule is CCCc1cc(C(=O)NCc2ccco2)n[nH]1. The van der Waals surface area contributed by atoms with E-state index in [-0.39, 0.29) is 5.91 Å². The summed E-state index contributed by atoms with van der Waals surface area (Å²) in [5.74, 6) is 0.530. The normalized spacial score (nSPS) is 10.4. The fourth-order valence-electron chi connectivity index (χ4n) is 1.55. The summed E-state index contributed by atoms with van der Waals surface area (Å²) in [4.78, 5) is 11.7. The molecule has 2 N–H and O–H groups in total. The van der Waals surface area contributed by atoms with Crippen molar-refractivity contribution in [1.29, 1.82) is 0 Å². The van der Waals surface area contributed by atoms with Gasteiger partial charge in [0.1, 0.15) is 11.5 Å². The van der Waals surface area contributed by atoms with Crippen LogP contribution in [0.2, 0.25) is 0 Å². The second kappa shape index (κ2) is 5.34. The summed E-state index contributed by atoms with van der Waals surface area (Å²) in [6.07, 6.45) is 3.50. The van der Waals surface area contributed by atoms with Gasteiger partial charge in [-0.05, 0) is 24.6 Å². The van der Waals surface area contributed by atoms with Crippen LogP contribution in [0.4, 0.5) is 0 Å². The maximum Gasteiger partial charge on any atom is 0.272 e. The Morgan fingerprint density at radius 1 is 1.59 bits per heavy atom. The van der Waals surface area contributed by atoms with E-state index in [1.165, 1.54) is 0 Å². The number of rotatable bonds is 5. The molecule has 0 atom stereocenters. The maximum atomic E-state index is 11.7. The molecule has 0 aliphatic rings. The fourth-order valence-corrected chi connectivity index (χ4v) is 1.55. The first-order chi connectivity index (χ1) is 8.29. The molecule has 0 aliphatic carbocycles. The van der Waals surface area contributed by atoms with Crippen molar-refractivity contribution in [1.82, 2.24) is 15.5 Å². The van der Waals surface area contributed by atoms with Gasteiger partial charge in [0.15, 0.2) is 0 Å². The lowest BCUT2D eigenvalue weighted by Gasteiger charge is -1.99. The molecule has 0 saturated carbocycles. The van der Waals surface area contributed by atoms with Crippen molar-refractivity contribution in [2.24, 2.45) is 0 Å². The molecule has 2 aromatic heterocycles. The Hall–Kier alpha value is -2.04. The summed E-state index contributed by atoms with van der Waals surface area (Å²) >= 11 is 0. The number of carbonyl (C=O) groups is 1. The third kappa shape index (κ3) is 2.96. The van der Waals surface area contributed by atoms with E-state index in [9.17, 15) is 4.79 Å². The van der Waals surface area contributed by atoms with Crippen molar-refractivity contribution in [2.45, 2.75) is 26.3 Å². The van der Waals surface area contributed by atoms with Crippen molar-refractivity contribution >= 4 is 5.91 Å². The van der Waals surface area contributed by atoms with E-state index < -0.39 is 0 Å². The molecular formula is C12H15N3O2. The predicted molar refractivity (Wildman–Crippen MR) is 62.5 cm³/mol. The molecule has 2 rings (SSSR count). The van der Waals surface area contributed by atoms with Gasteiger partial charge in [-0.15, -0.1) is 0 Å². The van der Waals surface area contributed by atoms with Crippen LogP contribution in [0, 0.1) is 0 Å². The molecule has 2 heterocycles. The van der Waals surface area contributed by atoms with Crippen LogP contribution in [0.3, 0.4) is 0 Å². The van der Waals surface area contributed by atoms with Crippen LogP contribution in [0.1, 0.15) is 35.3 Å². The van der Waals surface area contributed by atoms with Crippen molar-refractivity contribution in [3.8, 4) is 0 Å². The van der Waals surface area contributed by atoms with Crippen LogP contribution < -0.4 is 5.32 Å². The first-order valence-electron chi connectivity index (χ1n) is 5.64. The van der Waals surface area contributed by atoms with Gasteiger partial charge in [-0.1, -0.05) is 13.3 Å². The standard InChI is InChI=1S/C12H15N3O2/c1-2-4-9-7-11(15-14-9)12(16)13-8-10-5-3-6-17-10/h3,5-7H,2,4,8H2,1H3,(H,13,16)(H,14,15). The number of carbonyl (C=O) groups excluding carboxylic acids is 1. The molecule has 0 bridgehead atoms. The van der Waals surface area contributed by atoms with E-state index >= 15 is 0 Å². The van der Waals surface area contributed by atoms with Crippen LogP contribution in [0.15, 0.2) is 28.9 Å². The molecule has 5 heteroatoms. The molecule has 0 radical (unpaired) electrons. The quantitative estimate of drug-likeness (QED) is 0.828. The van der Waals surface area contributed by atoms with Gasteiger partial charge in [-0.25, -0.2) is 0 Å². The average Bonchev–Trinajstić information content (AvgIpc) is 2.97. The predicted octanol–water partition coefficient (Wildman–Crippen LogP) is 1.89. The van der Waals surface area contributed by atoms with Crippen LogP contribution in [-0.4, -0.2) is 16.1 Å². The van der Waals surface area contributed by atoms with Gasteiger partial charge in [0, 0.05) is 5.69 Å². The first-order valence-corrected chi connectivity index (χ1v) is 5.64. The van der Waals surface area contributed by atoms with Crippen molar-refractivity contribution in [2.75, 3.05) is 0 Å². The molecule has 17 heavy (non-hydrogen) atoms. The average molecular weight is 233 g/mol. The van der Waals surface area contributed by atoms with Gasteiger partial charge in [0.2, 0.25) is 0 Å². The summed E-state index contributed by atoms with van der Waals surface area (Å²) in [5.41, 5.74) is 1.40. The number of furan rings is 1. The van der Waals surface area contributed by atoms with Crippen LogP contribution in [0.5, 0.6) is 0 Å². The number of nitrogens with one attached hydrogen (secondary N) is 2. The van der Waals surface area contributed by atoms with Crippen LogP contribution in [0.25, 0.3) is 0 Å². The van der Waals surface area contributed by atoms with Gasteiger partial charge in [-0.2, -0.15) is 5.10 Å². The summed E-state index contributed by atoms with van der Waals surface area (Å²) in [5, 5.41) is 9.56. The molecule has 0 aromatic carbocycles. The van der Waals surface area contributed by atoms with E-state index in [0.717, 1.165) is 24.3 Å². The minimum atomic E-state index is -0.194. The van der Waals surface area contributed by atoms with E-state index in [2.05, 4.69) is 22.4 Å². The number of aromatic amines is 1. The molecule has 5 nitrogen and oxygen atoms in total. The third-order valence-electron chi connectivity index (χ3n) is 2.39. The molecular weight excluding hydrogens is 218 g/mol. The second-order valence-electron chi connectivity index (χ2n) is 3.79. The highest BCUT2D eigenvalue weighted by Gasteiger charge is 2.10. The van der Waals surface area contributed by atoms with Gasteiger partial charge < -0.3 is 9.73 Å². The number of H-pyrrole nitrogens is 1. The number of hydrogen-bond acceptors (Lipinski definition) is 3. The summed E-state index contributed by atoms with van der Waals surface area (Å²) < 4.78 is 5.12. The summed E-state index contributed by atoms with van der Waals surface area (Å²) in [7, 11) is 0. The number of aryl methyl sites for hydroxylation is 1. The van der Waals surface area contributed by atoms with Gasteiger partial charge >= 0.3 is 0 Å². The number of hydrogen-bond donors (Lipinski definition) is 2. The van der Waals surface area contributed by atoms with E-state index in [1.54, 1.807) is 18.4 Å². The minimum Gasteiger partial charge on any atom is -0.467 e. The van der Waals surface area contributed by atoms with E-state index in [4.69, 9.17) is 4.42 Å². The molecule has 90 valence electrons. The molecule has 0 saturated heterocycles. The minimum absolute atomic E-state index is 0.194. The van der Waals surface area contributed by atoms with Gasteiger partial charge in [0.25, 0.3) is 5.91 Å². The third-order valence-corrected chi connectivity index (χ3v) is 2.39. The lowest BCUT2D eigenvalue weighted by atomic mass is 10.2. The zero-order valence-corrected chi connectivity index (χ0v) is 9.69. The Kier molecular flexibility index (Phi) is 3.59. The number of nitrogens with zero attached hydrogens (tertiary/aromatic N) is 1. The monoisotopic (exact) mass is 233 g/mol. The molecule has 0 spiro atoms.